The van der Waals surface area contributed by atoms with Crippen LogP contribution in [-0.2, 0) is 4.74 Å². The van der Waals surface area contributed by atoms with Crippen LogP contribution < -0.4 is 4.74 Å². The van der Waals surface area contributed by atoms with Gasteiger partial charge in [-0.3, -0.25) is 4.90 Å². The van der Waals surface area contributed by atoms with E-state index in [1.165, 1.54) is 12.8 Å². The number of ether oxygens (including phenoxy) is 2. The summed E-state index contributed by atoms with van der Waals surface area (Å²) in [6.07, 6.45) is 4.28. The Kier molecular flexibility index (Phi) is 8.01. The maximum atomic E-state index is 6.05. The molecule has 0 saturated carbocycles. The minimum Gasteiger partial charge on any atom is -0.492 e. The summed E-state index contributed by atoms with van der Waals surface area (Å²) >= 11 is 5.96. The van der Waals surface area contributed by atoms with Gasteiger partial charge in [0.1, 0.15) is 18.1 Å². The second-order valence-electron chi connectivity index (χ2n) is 8.31. The molecule has 4 rings (SSSR count). The summed E-state index contributed by atoms with van der Waals surface area (Å²) in [7, 11) is 1.77. The molecule has 0 aliphatic carbocycles. The van der Waals surface area contributed by atoms with Crippen LogP contribution in [0.1, 0.15) is 29.7 Å². The molecule has 5 heteroatoms. The highest BCUT2D eigenvalue weighted by molar-refractivity contribution is 6.30. The average Bonchev–Trinajstić information content (AvgIpc) is 3.27. The van der Waals surface area contributed by atoms with E-state index in [2.05, 4.69) is 34.7 Å². The predicted molar refractivity (Wildman–Crippen MR) is 134 cm³/mol. The van der Waals surface area contributed by atoms with Gasteiger partial charge in [-0.2, -0.15) is 0 Å². The van der Waals surface area contributed by atoms with Crippen LogP contribution in [0.5, 0.6) is 5.75 Å². The molecule has 1 saturated heterocycles. The number of aromatic nitrogens is 1. The zero-order valence-corrected chi connectivity index (χ0v) is 19.9. The van der Waals surface area contributed by atoms with Gasteiger partial charge in [0.05, 0.1) is 6.61 Å². The molecule has 0 amide bonds. The number of rotatable bonds is 7. The highest BCUT2D eigenvalue weighted by Crippen LogP contribution is 2.22. The summed E-state index contributed by atoms with van der Waals surface area (Å²) in [5.74, 6) is 7.27. The van der Waals surface area contributed by atoms with Crippen molar-refractivity contribution in [3.05, 3.63) is 82.6 Å². The van der Waals surface area contributed by atoms with E-state index in [9.17, 15) is 0 Å². The van der Waals surface area contributed by atoms with Crippen LogP contribution in [0.15, 0.2) is 60.8 Å². The van der Waals surface area contributed by atoms with Gasteiger partial charge < -0.3 is 9.47 Å². The maximum absolute atomic E-state index is 6.05. The van der Waals surface area contributed by atoms with Crippen LogP contribution in [0.2, 0.25) is 5.02 Å². The number of benzene rings is 2. The summed E-state index contributed by atoms with van der Waals surface area (Å²) in [5, 5.41) is 0.725. The standard InChI is InChI=1S/C28H29ClN2O2/c1-21-18-22(6-14-28(21)33-17-16-31-15-3-4-27(31)20-32-2)5-12-26-13-9-24(19-30-26)23-7-10-25(29)11-8-23/h6-11,13-14,18-19,27H,3-4,15-17,20H2,1-2H3/t27-/m0/s1. The molecule has 0 N–H and O–H groups in total. The number of methoxy groups -OCH3 is 1. The van der Waals surface area contributed by atoms with Gasteiger partial charge in [-0.1, -0.05) is 35.7 Å². The van der Waals surface area contributed by atoms with Crippen LogP contribution in [0.25, 0.3) is 11.1 Å². The van der Waals surface area contributed by atoms with Crippen molar-refractivity contribution < 1.29 is 9.47 Å². The molecule has 4 nitrogen and oxygen atoms in total. The molecule has 170 valence electrons. The molecule has 0 bridgehead atoms. The molecular formula is C28H29ClN2O2. The number of aryl methyl sites for hydroxylation is 1. The number of hydrogen-bond donors (Lipinski definition) is 0. The van der Waals surface area contributed by atoms with E-state index >= 15 is 0 Å². The Morgan fingerprint density at radius 1 is 1.06 bits per heavy atom. The molecule has 1 aliphatic heterocycles. The van der Waals surface area contributed by atoms with Crippen LogP contribution >= 0.6 is 11.6 Å². The van der Waals surface area contributed by atoms with Crippen LogP contribution in [0.4, 0.5) is 0 Å². The zero-order valence-electron chi connectivity index (χ0n) is 19.2. The Hall–Kier alpha value is -2.84. The smallest absolute Gasteiger partial charge is 0.122 e. The molecule has 0 spiro atoms. The van der Waals surface area contributed by atoms with Crippen molar-refractivity contribution in [3.8, 4) is 28.7 Å². The van der Waals surface area contributed by atoms with Gasteiger partial charge in [-0.25, -0.2) is 4.98 Å². The summed E-state index contributed by atoms with van der Waals surface area (Å²) in [6, 6.07) is 18.3. The fourth-order valence-electron chi connectivity index (χ4n) is 4.15. The topological polar surface area (TPSA) is 34.6 Å². The lowest BCUT2D eigenvalue weighted by Crippen LogP contribution is -2.35. The monoisotopic (exact) mass is 460 g/mol. The van der Waals surface area contributed by atoms with E-state index in [1.807, 2.05) is 54.7 Å². The third-order valence-electron chi connectivity index (χ3n) is 5.95. The van der Waals surface area contributed by atoms with Crippen molar-refractivity contribution in [3.63, 3.8) is 0 Å². The molecule has 1 aliphatic rings. The molecule has 0 unspecified atom stereocenters. The highest BCUT2D eigenvalue weighted by atomic mass is 35.5. The second-order valence-corrected chi connectivity index (χ2v) is 8.74. The summed E-state index contributed by atoms with van der Waals surface area (Å²) in [5.41, 5.74) is 4.89. The number of hydrogen-bond acceptors (Lipinski definition) is 4. The van der Waals surface area contributed by atoms with Crippen molar-refractivity contribution in [1.82, 2.24) is 9.88 Å². The normalized spacial score (nSPS) is 15.8. The van der Waals surface area contributed by atoms with Crippen molar-refractivity contribution in [1.29, 1.82) is 0 Å². The van der Waals surface area contributed by atoms with Gasteiger partial charge in [0.2, 0.25) is 0 Å². The third-order valence-corrected chi connectivity index (χ3v) is 6.20. The second kappa shape index (κ2) is 11.3. The molecular weight excluding hydrogens is 432 g/mol. The quantitative estimate of drug-likeness (QED) is 0.430. The van der Waals surface area contributed by atoms with E-state index in [-0.39, 0.29) is 0 Å². The zero-order chi connectivity index (χ0) is 23.0. The van der Waals surface area contributed by atoms with E-state index in [0.717, 1.165) is 58.4 Å². The first-order chi connectivity index (χ1) is 16.1. The first kappa shape index (κ1) is 23.3. The third kappa shape index (κ3) is 6.36. The lowest BCUT2D eigenvalue weighted by molar-refractivity contribution is 0.105. The van der Waals surface area contributed by atoms with E-state index in [0.29, 0.717) is 12.6 Å². The maximum Gasteiger partial charge on any atom is 0.122 e. The molecule has 1 atom stereocenters. The van der Waals surface area contributed by atoms with E-state index < -0.39 is 0 Å². The van der Waals surface area contributed by atoms with Gasteiger partial charge in [-0.15, -0.1) is 0 Å². The van der Waals surface area contributed by atoms with Crippen molar-refractivity contribution in [2.75, 3.05) is 33.4 Å². The number of halogens is 1. The average molecular weight is 461 g/mol. The van der Waals surface area contributed by atoms with Gasteiger partial charge in [-0.05, 0) is 79.8 Å². The molecule has 1 fully saturated rings. The van der Waals surface area contributed by atoms with Gasteiger partial charge in [0, 0.05) is 42.0 Å². The number of pyridine rings is 1. The fraction of sp³-hybridized carbons (Fsp3) is 0.321. The minimum absolute atomic E-state index is 0.520. The lowest BCUT2D eigenvalue weighted by atomic mass is 10.1. The van der Waals surface area contributed by atoms with Gasteiger partial charge in [0.15, 0.2) is 0 Å². The Labute approximate surface area is 201 Å². The largest absolute Gasteiger partial charge is 0.492 e. The number of likely N-dealkylation sites (tertiary alicyclic amines) is 1. The van der Waals surface area contributed by atoms with Crippen molar-refractivity contribution in [2.45, 2.75) is 25.8 Å². The molecule has 2 heterocycles. The molecule has 3 aromatic rings. The Bertz CT molecular complexity index is 1120. The fourth-order valence-corrected chi connectivity index (χ4v) is 4.28. The molecule has 0 radical (unpaired) electrons. The van der Waals surface area contributed by atoms with Crippen molar-refractivity contribution >= 4 is 11.6 Å². The van der Waals surface area contributed by atoms with Crippen LogP contribution in [-0.4, -0.2) is 49.3 Å². The van der Waals surface area contributed by atoms with E-state index in [4.69, 9.17) is 21.1 Å². The van der Waals surface area contributed by atoms with Crippen LogP contribution in [0.3, 0.4) is 0 Å². The Morgan fingerprint density at radius 3 is 2.61 bits per heavy atom. The first-order valence-electron chi connectivity index (χ1n) is 11.3. The van der Waals surface area contributed by atoms with E-state index in [1.54, 1.807) is 7.11 Å². The molecule has 2 aromatic carbocycles. The highest BCUT2D eigenvalue weighted by Gasteiger charge is 2.23. The Morgan fingerprint density at radius 2 is 1.88 bits per heavy atom. The first-order valence-corrected chi connectivity index (χ1v) is 11.7. The predicted octanol–water partition coefficient (Wildman–Crippen LogP) is 5.60. The van der Waals surface area contributed by atoms with Gasteiger partial charge >= 0.3 is 0 Å². The Balaban J connectivity index is 1.33. The SMILES string of the molecule is COC[C@@H]1CCCN1CCOc1ccc(C#Cc2ccc(-c3ccc(Cl)cc3)cn2)cc1C. The lowest BCUT2D eigenvalue weighted by Gasteiger charge is -2.23. The van der Waals surface area contributed by atoms with Crippen LogP contribution in [0, 0.1) is 18.8 Å². The van der Waals surface area contributed by atoms with Crippen molar-refractivity contribution in [2.24, 2.45) is 0 Å². The summed E-state index contributed by atoms with van der Waals surface area (Å²) < 4.78 is 11.4. The summed E-state index contributed by atoms with van der Waals surface area (Å²) in [6.45, 7) is 5.58. The van der Waals surface area contributed by atoms with Gasteiger partial charge in [0.25, 0.3) is 0 Å². The number of nitrogens with zero attached hydrogens (tertiary/aromatic N) is 2. The minimum atomic E-state index is 0.520. The molecule has 1 aromatic heterocycles. The molecule has 33 heavy (non-hydrogen) atoms. The summed E-state index contributed by atoms with van der Waals surface area (Å²) in [4.78, 5) is 6.95.